The number of fused-ring (bicyclic) bond motifs is 1. The molecule has 0 bridgehead atoms. The van der Waals surface area contributed by atoms with Gasteiger partial charge >= 0.3 is 5.97 Å². The van der Waals surface area contributed by atoms with Crippen molar-refractivity contribution in [3.05, 3.63) is 23.8 Å². The molecule has 1 heterocycles. The SMILES string of the molecule is CC1(C)C(C(=O)O)C1C(=O)NCc1ccc2c(c1)OCO2. The molecule has 2 unspecified atom stereocenters. The van der Waals surface area contributed by atoms with Gasteiger partial charge in [0, 0.05) is 6.54 Å². The highest BCUT2D eigenvalue weighted by molar-refractivity contribution is 5.91. The predicted octanol–water partition coefficient (Wildman–Crippen LogP) is 1.39. The fourth-order valence-electron chi connectivity index (χ4n) is 2.94. The van der Waals surface area contributed by atoms with E-state index in [4.69, 9.17) is 14.6 Å². The largest absolute Gasteiger partial charge is 0.481 e. The summed E-state index contributed by atoms with van der Waals surface area (Å²) in [6.07, 6.45) is 0. The standard InChI is InChI=1S/C15H17NO5/c1-15(2)11(12(15)14(18)19)13(17)16-6-8-3-4-9-10(5-8)21-7-20-9/h3-5,11-12H,6-7H2,1-2H3,(H,16,17)(H,18,19). The summed E-state index contributed by atoms with van der Waals surface area (Å²) in [5.41, 5.74) is 0.406. The van der Waals surface area contributed by atoms with Crippen molar-refractivity contribution < 1.29 is 24.2 Å². The Kier molecular flexibility index (Phi) is 3.04. The van der Waals surface area contributed by atoms with E-state index in [0.29, 0.717) is 18.0 Å². The molecule has 0 saturated heterocycles. The van der Waals surface area contributed by atoms with Crippen LogP contribution in [0.2, 0.25) is 0 Å². The van der Waals surface area contributed by atoms with Crippen LogP contribution in [0.5, 0.6) is 11.5 Å². The molecule has 2 N–H and O–H groups in total. The number of carbonyl (C=O) groups excluding carboxylic acids is 1. The maximum atomic E-state index is 12.1. The Morgan fingerprint density at radius 1 is 1.29 bits per heavy atom. The number of nitrogens with one attached hydrogen (secondary N) is 1. The summed E-state index contributed by atoms with van der Waals surface area (Å²) in [5.74, 6) is -0.845. The quantitative estimate of drug-likeness (QED) is 0.875. The number of hydrogen-bond acceptors (Lipinski definition) is 4. The number of hydrogen-bond donors (Lipinski definition) is 2. The highest BCUT2D eigenvalue weighted by atomic mass is 16.7. The van der Waals surface area contributed by atoms with Gasteiger partial charge < -0.3 is 19.9 Å². The van der Waals surface area contributed by atoms with Crippen LogP contribution in [0.25, 0.3) is 0 Å². The Morgan fingerprint density at radius 3 is 2.67 bits per heavy atom. The van der Waals surface area contributed by atoms with Crippen molar-refractivity contribution in [2.24, 2.45) is 17.3 Å². The molecule has 0 aromatic heterocycles. The van der Waals surface area contributed by atoms with Crippen LogP contribution >= 0.6 is 0 Å². The van der Waals surface area contributed by atoms with Crippen LogP contribution in [-0.2, 0) is 16.1 Å². The second-order valence-electron chi connectivity index (χ2n) is 6.02. The first-order valence-electron chi connectivity index (χ1n) is 6.80. The van der Waals surface area contributed by atoms with Crippen LogP contribution in [0.1, 0.15) is 19.4 Å². The molecule has 21 heavy (non-hydrogen) atoms. The Morgan fingerprint density at radius 2 is 2.00 bits per heavy atom. The highest BCUT2D eigenvalue weighted by Gasteiger charge is 2.65. The first-order chi connectivity index (χ1) is 9.91. The van der Waals surface area contributed by atoms with Crippen molar-refractivity contribution in [3.8, 4) is 11.5 Å². The van der Waals surface area contributed by atoms with E-state index >= 15 is 0 Å². The van der Waals surface area contributed by atoms with Crippen molar-refractivity contribution in [3.63, 3.8) is 0 Å². The van der Waals surface area contributed by atoms with Crippen molar-refractivity contribution in [1.29, 1.82) is 0 Å². The maximum absolute atomic E-state index is 12.1. The molecular weight excluding hydrogens is 274 g/mol. The van der Waals surface area contributed by atoms with Crippen molar-refractivity contribution in [2.45, 2.75) is 20.4 Å². The summed E-state index contributed by atoms with van der Waals surface area (Å²) < 4.78 is 10.5. The number of carboxylic acids is 1. The Bertz CT molecular complexity index is 610. The average Bonchev–Trinajstić information content (AvgIpc) is 2.80. The summed E-state index contributed by atoms with van der Waals surface area (Å²) in [4.78, 5) is 23.2. The average molecular weight is 291 g/mol. The first kappa shape index (κ1) is 13.7. The lowest BCUT2D eigenvalue weighted by atomic mass is 10.1. The van der Waals surface area contributed by atoms with E-state index in [-0.39, 0.29) is 12.7 Å². The van der Waals surface area contributed by atoms with Gasteiger partial charge in [0.2, 0.25) is 12.7 Å². The molecule has 1 saturated carbocycles. The van der Waals surface area contributed by atoms with Gasteiger partial charge in [-0.3, -0.25) is 9.59 Å². The molecule has 6 heteroatoms. The van der Waals surface area contributed by atoms with Gasteiger partial charge in [-0.05, 0) is 23.1 Å². The van der Waals surface area contributed by atoms with Crippen LogP contribution < -0.4 is 14.8 Å². The molecule has 2 atom stereocenters. The van der Waals surface area contributed by atoms with Crippen LogP contribution in [0.3, 0.4) is 0 Å². The fraction of sp³-hybridized carbons (Fsp3) is 0.467. The molecule has 2 aliphatic rings. The Labute approximate surface area is 122 Å². The molecule has 6 nitrogen and oxygen atoms in total. The maximum Gasteiger partial charge on any atom is 0.307 e. The zero-order chi connectivity index (χ0) is 15.2. The number of amides is 1. The zero-order valence-corrected chi connectivity index (χ0v) is 11.9. The molecule has 0 spiro atoms. The third kappa shape index (κ3) is 2.30. The topological polar surface area (TPSA) is 84.9 Å². The normalized spacial score (nSPS) is 24.5. The predicted molar refractivity (Wildman–Crippen MR) is 72.8 cm³/mol. The molecule has 1 aliphatic heterocycles. The van der Waals surface area contributed by atoms with E-state index in [1.165, 1.54) is 0 Å². The minimum Gasteiger partial charge on any atom is -0.481 e. The number of carbonyl (C=O) groups is 2. The van der Waals surface area contributed by atoms with Crippen molar-refractivity contribution in [1.82, 2.24) is 5.32 Å². The van der Waals surface area contributed by atoms with E-state index in [1.807, 2.05) is 12.1 Å². The minimum atomic E-state index is -0.914. The van der Waals surface area contributed by atoms with Crippen molar-refractivity contribution >= 4 is 11.9 Å². The summed E-state index contributed by atoms with van der Waals surface area (Å²) >= 11 is 0. The van der Waals surface area contributed by atoms with Gasteiger partial charge in [-0.25, -0.2) is 0 Å². The van der Waals surface area contributed by atoms with Gasteiger partial charge in [0.25, 0.3) is 0 Å². The fourth-order valence-corrected chi connectivity index (χ4v) is 2.94. The zero-order valence-electron chi connectivity index (χ0n) is 11.9. The van der Waals surface area contributed by atoms with Gasteiger partial charge in [0.15, 0.2) is 11.5 Å². The van der Waals surface area contributed by atoms with Gasteiger partial charge in [0.1, 0.15) is 0 Å². The molecule has 112 valence electrons. The molecule has 0 radical (unpaired) electrons. The first-order valence-corrected chi connectivity index (χ1v) is 6.80. The van der Waals surface area contributed by atoms with Crippen molar-refractivity contribution in [2.75, 3.05) is 6.79 Å². The number of carboxylic acid groups (broad SMARTS) is 1. The van der Waals surface area contributed by atoms with E-state index < -0.39 is 23.2 Å². The van der Waals surface area contributed by atoms with Crippen LogP contribution in [0.15, 0.2) is 18.2 Å². The second kappa shape index (κ2) is 4.65. The van der Waals surface area contributed by atoms with E-state index in [2.05, 4.69) is 5.32 Å². The monoisotopic (exact) mass is 291 g/mol. The molecule has 1 aromatic carbocycles. The molecule has 3 rings (SSSR count). The number of aliphatic carboxylic acids is 1. The van der Waals surface area contributed by atoms with E-state index in [9.17, 15) is 9.59 Å². The second-order valence-corrected chi connectivity index (χ2v) is 6.02. The Hall–Kier alpha value is -2.24. The van der Waals surface area contributed by atoms with E-state index in [0.717, 1.165) is 5.56 Å². The molecule has 1 amide bonds. The summed E-state index contributed by atoms with van der Waals surface area (Å²) in [6, 6.07) is 5.46. The van der Waals surface area contributed by atoms with Gasteiger partial charge in [-0.2, -0.15) is 0 Å². The number of ether oxygens (including phenoxy) is 2. The van der Waals surface area contributed by atoms with Gasteiger partial charge in [-0.15, -0.1) is 0 Å². The van der Waals surface area contributed by atoms with Gasteiger partial charge in [0.05, 0.1) is 11.8 Å². The highest BCUT2D eigenvalue weighted by Crippen LogP contribution is 2.58. The summed E-state index contributed by atoms with van der Waals surface area (Å²) in [7, 11) is 0. The van der Waals surface area contributed by atoms with E-state index in [1.54, 1.807) is 19.9 Å². The molecule has 1 aliphatic carbocycles. The Balaban J connectivity index is 1.61. The lowest BCUT2D eigenvalue weighted by Gasteiger charge is -2.07. The summed E-state index contributed by atoms with van der Waals surface area (Å²) in [5, 5.41) is 11.9. The van der Waals surface area contributed by atoms with Gasteiger partial charge in [-0.1, -0.05) is 19.9 Å². The lowest BCUT2D eigenvalue weighted by molar-refractivity contribution is -0.140. The summed E-state index contributed by atoms with van der Waals surface area (Å²) in [6.45, 7) is 4.16. The molecule has 1 aromatic rings. The molecular formula is C15H17NO5. The third-order valence-electron chi connectivity index (χ3n) is 4.28. The van der Waals surface area contributed by atoms with Crippen LogP contribution in [0, 0.1) is 17.3 Å². The number of benzene rings is 1. The smallest absolute Gasteiger partial charge is 0.307 e. The van der Waals surface area contributed by atoms with Crippen LogP contribution in [-0.4, -0.2) is 23.8 Å². The van der Waals surface area contributed by atoms with Crippen LogP contribution in [0.4, 0.5) is 0 Å². The minimum absolute atomic E-state index is 0.210. The number of rotatable bonds is 4. The lowest BCUT2D eigenvalue weighted by Crippen LogP contribution is -2.26. The molecule has 1 fully saturated rings. The third-order valence-corrected chi connectivity index (χ3v) is 4.28.